The van der Waals surface area contributed by atoms with Gasteiger partial charge in [0.2, 0.25) is 0 Å². The molecule has 0 radical (unpaired) electrons. The first-order chi connectivity index (χ1) is 14.8. The van der Waals surface area contributed by atoms with Gasteiger partial charge in [0.15, 0.2) is 6.10 Å². The molecule has 31 heavy (non-hydrogen) atoms. The monoisotopic (exact) mass is 440 g/mol. The predicted octanol–water partition coefficient (Wildman–Crippen LogP) is 4.21. The van der Waals surface area contributed by atoms with Gasteiger partial charge in [-0.1, -0.05) is 18.2 Å². The lowest BCUT2D eigenvalue weighted by Gasteiger charge is -2.15. The van der Waals surface area contributed by atoms with Crippen molar-refractivity contribution in [3.63, 3.8) is 0 Å². The van der Waals surface area contributed by atoms with E-state index in [0.717, 1.165) is 5.56 Å². The number of hydrogen-bond acceptors (Lipinski definition) is 5. The van der Waals surface area contributed by atoms with E-state index in [1.807, 2.05) is 19.1 Å². The Hall–Kier alpha value is -3.52. The second-order valence-electron chi connectivity index (χ2n) is 6.87. The lowest BCUT2D eigenvalue weighted by Crippen LogP contribution is -2.30. The van der Waals surface area contributed by atoms with Crippen LogP contribution in [0.4, 0.5) is 11.4 Å². The molecule has 0 saturated heterocycles. The maximum atomic E-state index is 12.6. The number of anilines is 2. The molecule has 3 aromatic rings. The number of carbonyl (C=O) groups is 1. The zero-order valence-corrected chi connectivity index (χ0v) is 18.3. The summed E-state index contributed by atoms with van der Waals surface area (Å²) in [6.07, 6.45) is -0.750. The van der Waals surface area contributed by atoms with Crippen molar-refractivity contribution in [1.29, 1.82) is 0 Å². The number of nitrogens with one attached hydrogen (secondary N) is 2. The van der Waals surface area contributed by atoms with Crippen LogP contribution in [-0.4, -0.2) is 27.5 Å². The smallest absolute Gasteiger partial charge is 0.265 e. The molecule has 1 atom stereocenters. The molecule has 0 aromatic heterocycles. The molecule has 3 rings (SSSR count). The van der Waals surface area contributed by atoms with Crippen molar-refractivity contribution >= 4 is 27.3 Å². The van der Waals surface area contributed by atoms with E-state index in [9.17, 15) is 13.2 Å². The molecule has 0 spiro atoms. The Kier molecular flexibility index (Phi) is 6.81. The molecule has 0 saturated carbocycles. The lowest BCUT2D eigenvalue weighted by atomic mass is 10.2. The Bertz CT molecular complexity index is 1140. The second-order valence-corrected chi connectivity index (χ2v) is 8.55. The molecule has 0 fully saturated rings. The first-order valence-corrected chi connectivity index (χ1v) is 11.1. The van der Waals surface area contributed by atoms with Crippen molar-refractivity contribution in [3.05, 3.63) is 78.4 Å². The van der Waals surface area contributed by atoms with Crippen LogP contribution in [0.3, 0.4) is 0 Å². The highest BCUT2D eigenvalue weighted by atomic mass is 32.2. The third kappa shape index (κ3) is 5.76. The van der Waals surface area contributed by atoms with Crippen LogP contribution < -0.4 is 19.5 Å². The van der Waals surface area contributed by atoms with Gasteiger partial charge in [-0.05, 0) is 74.0 Å². The number of benzene rings is 3. The van der Waals surface area contributed by atoms with Crippen LogP contribution in [0, 0.1) is 6.92 Å². The Balaban J connectivity index is 1.62. The number of sulfonamides is 1. The third-order valence-corrected chi connectivity index (χ3v) is 5.94. The van der Waals surface area contributed by atoms with E-state index in [1.54, 1.807) is 50.4 Å². The summed E-state index contributed by atoms with van der Waals surface area (Å²) < 4.78 is 38.5. The minimum absolute atomic E-state index is 0.0938. The summed E-state index contributed by atoms with van der Waals surface area (Å²) in [5, 5.41) is 2.72. The molecule has 3 aromatic carbocycles. The fourth-order valence-corrected chi connectivity index (χ4v) is 3.90. The number of hydrogen-bond donors (Lipinski definition) is 2. The van der Waals surface area contributed by atoms with E-state index in [-0.39, 0.29) is 10.8 Å². The molecular formula is C23H24N2O5S. The maximum Gasteiger partial charge on any atom is 0.265 e. The van der Waals surface area contributed by atoms with Gasteiger partial charge in [0.1, 0.15) is 11.5 Å². The minimum Gasteiger partial charge on any atom is -0.497 e. The topological polar surface area (TPSA) is 93.7 Å². The molecule has 0 aliphatic heterocycles. The Morgan fingerprint density at radius 2 is 1.52 bits per heavy atom. The molecule has 0 aliphatic rings. The van der Waals surface area contributed by atoms with Gasteiger partial charge in [-0.25, -0.2) is 8.42 Å². The molecule has 2 N–H and O–H groups in total. The summed E-state index contributed by atoms with van der Waals surface area (Å²) in [5.41, 5.74) is 1.80. The SMILES string of the molecule is COc1ccc(O[C@H](C)C(=O)Nc2ccc(S(=O)(=O)Nc3ccccc3C)cc2)cc1. The van der Waals surface area contributed by atoms with E-state index < -0.39 is 16.1 Å². The zero-order valence-electron chi connectivity index (χ0n) is 17.5. The molecule has 0 unspecified atom stereocenters. The first-order valence-electron chi connectivity index (χ1n) is 9.58. The number of rotatable bonds is 8. The Morgan fingerprint density at radius 1 is 0.903 bits per heavy atom. The van der Waals surface area contributed by atoms with Crippen LogP contribution in [-0.2, 0) is 14.8 Å². The average molecular weight is 441 g/mol. The summed E-state index contributed by atoms with van der Waals surface area (Å²) >= 11 is 0. The predicted molar refractivity (Wildman–Crippen MR) is 120 cm³/mol. The molecule has 0 bridgehead atoms. The van der Waals surface area contributed by atoms with Crippen LogP contribution in [0.2, 0.25) is 0 Å². The van der Waals surface area contributed by atoms with E-state index in [4.69, 9.17) is 9.47 Å². The number of aryl methyl sites for hydroxylation is 1. The summed E-state index contributed by atoms with van der Waals surface area (Å²) in [7, 11) is -2.17. The van der Waals surface area contributed by atoms with Crippen molar-refractivity contribution < 1.29 is 22.7 Å². The summed E-state index contributed by atoms with van der Waals surface area (Å²) in [6.45, 7) is 3.45. The highest BCUT2D eigenvalue weighted by Gasteiger charge is 2.17. The van der Waals surface area contributed by atoms with Crippen LogP contribution >= 0.6 is 0 Å². The number of methoxy groups -OCH3 is 1. The number of carbonyl (C=O) groups excluding carboxylic acids is 1. The van der Waals surface area contributed by atoms with E-state index >= 15 is 0 Å². The molecule has 0 heterocycles. The van der Waals surface area contributed by atoms with Crippen LogP contribution in [0.25, 0.3) is 0 Å². The molecule has 0 aliphatic carbocycles. The van der Waals surface area contributed by atoms with Crippen molar-refractivity contribution in [2.75, 3.05) is 17.1 Å². The molecule has 7 nitrogen and oxygen atoms in total. The molecule has 162 valence electrons. The number of para-hydroxylation sites is 1. The van der Waals surface area contributed by atoms with E-state index in [0.29, 0.717) is 22.9 Å². The van der Waals surface area contributed by atoms with Crippen molar-refractivity contribution in [2.45, 2.75) is 24.8 Å². The number of ether oxygens (including phenoxy) is 2. The van der Waals surface area contributed by atoms with Gasteiger partial charge in [0.05, 0.1) is 17.7 Å². The second kappa shape index (κ2) is 9.53. The highest BCUT2D eigenvalue weighted by molar-refractivity contribution is 7.92. The fraction of sp³-hybridized carbons (Fsp3) is 0.174. The Labute approximate surface area is 182 Å². The standard InChI is InChI=1S/C23H24N2O5S/c1-16-6-4-5-7-22(16)25-31(27,28)21-14-8-18(9-15-21)24-23(26)17(2)30-20-12-10-19(29-3)11-13-20/h4-15,17,25H,1-3H3,(H,24,26)/t17-/m1/s1. The summed E-state index contributed by atoms with van der Waals surface area (Å²) in [5.74, 6) is 0.869. The van der Waals surface area contributed by atoms with E-state index in [1.165, 1.54) is 24.3 Å². The van der Waals surface area contributed by atoms with Crippen LogP contribution in [0.1, 0.15) is 12.5 Å². The normalized spacial score (nSPS) is 12.0. The number of amides is 1. The van der Waals surface area contributed by atoms with Gasteiger partial charge in [-0.2, -0.15) is 0 Å². The summed E-state index contributed by atoms with van der Waals surface area (Å²) in [4.78, 5) is 12.5. The van der Waals surface area contributed by atoms with Gasteiger partial charge in [-0.3, -0.25) is 9.52 Å². The zero-order chi connectivity index (χ0) is 22.4. The third-order valence-electron chi connectivity index (χ3n) is 4.56. The maximum absolute atomic E-state index is 12.6. The van der Waals surface area contributed by atoms with E-state index in [2.05, 4.69) is 10.0 Å². The van der Waals surface area contributed by atoms with Crippen LogP contribution in [0.5, 0.6) is 11.5 Å². The molecule has 1 amide bonds. The average Bonchev–Trinajstić information content (AvgIpc) is 2.76. The van der Waals surface area contributed by atoms with Crippen LogP contribution in [0.15, 0.2) is 77.7 Å². The highest BCUT2D eigenvalue weighted by Crippen LogP contribution is 2.21. The first kappa shape index (κ1) is 22.2. The Morgan fingerprint density at radius 3 is 2.13 bits per heavy atom. The lowest BCUT2D eigenvalue weighted by molar-refractivity contribution is -0.122. The largest absolute Gasteiger partial charge is 0.497 e. The van der Waals surface area contributed by atoms with Crippen molar-refractivity contribution in [2.24, 2.45) is 0 Å². The van der Waals surface area contributed by atoms with Gasteiger partial charge in [-0.15, -0.1) is 0 Å². The van der Waals surface area contributed by atoms with Crippen molar-refractivity contribution in [3.8, 4) is 11.5 Å². The van der Waals surface area contributed by atoms with Gasteiger partial charge in [0, 0.05) is 5.69 Å². The van der Waals surface area contributed by atoms with Gasteiger partial charge < -0.3 is 14.8 Å². The minimum atomic E-state index is -3.74. The van der Waals surface area contributed by atoms with Gasteiger partial charge in [0.25, 0.3) is 15.9 Å². The quantitative estimate of drug-likeness (QED) is 0.547. The van der Waals surface area contributed by atoms with Gasteiger partial charge >= 0.3 is 0 Å². The molecule has 8 heteroatoms. The molecular weight excluding hydrogens is 416 g/mol. The summed E-state index contributed by atoms with van der Waals surface area (Å²) in [6, 6.07) is 20.0. The van der Waals surface area contributed by atoms with Crippen molar-refractivity contribution in [1.82, 2.24) is 0 Å². The fourth-order valence-electron chi connectivity index (χ4n) is 2.76.